The second-order valence-electron chi connectivity index (χ2n) is 7.41. The van der Waals surface area contributed by atoms with Crippen molar-refractivity contribution in [3.05, 3.63) is 65.6 Å². The van der Waals surface area contributed by atoms with E-state index in [4.69, 9.17) is 20.8 Å². The monoisotopic (exact) mass is 470 g/mol. The van der Waals surface area contributed by atoms with Crippen molar-refractivity contribution in [3.63, 3.8) is 0 Å². The maximum Gasteiger partial charge on any atom is 0.328 e. The molecule has 0 unspecified atom stereocenters. The van der Waals surface area contributed by atoms with Gasteiger partial charge in [-0.15, -0.1) is 0 Å². The number of amides is 3. The van der Waals surface area contributed by atoms with Crippen molar-refractivity contribution in [2.45, 2.75) is 19.9 Å². The number of nitrogens with zero attached hydrogens (tertiary/aromatic N) is 1. The van der Waals surface area contributed by atoms with Crippen molar-refractivity contribution < 1.29 is 23.5 Å². The average molecular weight is 471 g/mol. The number of halogens is 1. The maximum absolute atomic E-state index is 12.4. The van der Waals surface area contributed by atoms with Crippen molar-refractivity contribution in [2.75, 3.05) is 17.7 Å². The van der Waals surface area contributed by atoms with E-state index in [1.807, 2.05) is 0 Å². The highest BCUT2D eigenvalue weighted by Gasteiger charge is 2.27. The lowest BCUT2D eigenvalue weighted by Gasteiger charge is -2.18. The third kappa shape index (κ3) is 6.33. The zero-order valence-electron chi connectivity index (χ0n) is 18.2. The van der Waals surface area contributed by atoms with Crippen LogP contribution in [0.2, 0.25) is 5.02 Å². The Balaban J connectivity index is 1.62. The molecule has 9 nitrogen and oxygen atoms in total. The van der Waals surface area contributed by atoms with E-state index < -0.39 is 23.9 Å². The minimum absolute atomic E-state index is 0.174. The molecule has 0 fully saturated rings. The fourth-order valence-corrected chi connectivity index (χ4v) is 3.11. The van der Waals surface area contributed by atoms with E-state index in [2.05, 4.69) is 20.9 Å². The fourth-order valence-electron chi connectivity index (χ4n) is 2.92. The lowest BCUT2D eigenvalue weighted by molar-refractivity contribution is -0.144. The summed E-state index contributed by atoms with van der Waals surface area (Å²) in [5.74, 6) is -1.17. The van der Waals surface area contributed by atoms with Crippen LogP contribution in [0.15, 0.2) is 59.1 Å². The molecule has 0 saturated carbocycles. The molecule has 3 aromatic rings. The number of rotatable bonds is 7. The molecule has 1 heterocycles. The van der Waals surface area contributed by atoms with Crippen LogP contribution < -0.4 is 16.0 Å². The van der Waals surface area contributed by atoms with Gasteiger partial charge in [-0.3, -0.25) is 4.79 Å². The molecule has 0 aliphatic rings. The van der Waals surface area contributed by atoms with Gasteiger partial charge in [-0.2, -0.15) is 0 Å². The summed E-state index contributed by atoms with van der Waals surface area (Å²) in [4.78, 5) is 40.4. The Morgan fingerprint density at radius 1 is 1.03 bits per heavy atom. The molecule has 3 N–H and O–H groups in total. The predicted molar refractivity (Wildman–Crippen MR) is 124 cm³/mol. The Hall–Kier alpha value is -3.85. The maximum atomic E-state index is 12.4. The first-order valence-corrected chi connectivity index (χ1v) is 10.4. The smallest absolute Gasteiger partial charge is 0.328 e. The van der Waals surface area contributed by atoms with E-state index in [9.17, 15) is 14.4 Å². The van der Waals surface area contributed by atoms with Crippen LogP contribution >= 0.6 is 11.6 Å². The number of oxazole rings is 1. The van der Waals surface area contributed by atoms with Crippen LogP contribution in [-0.4, -0.2) is 36.0 Å². The van der Waals surface area contributed by atoms with Crippen LogP contribution in [0.25, 0.3) is 11.3 Å². The van der Waals surface area contributed by atoms with Crippen molar-refractivity contribution >= 4 is 40.9 Å². The Morgan fingerprint density at radius 3 is 2.36 bits per heavy atom. The zero-order valence-corrected chi connectivity index (χ0v) is 19.0. The van der Waals surface area contributed by atoms with Gasteiger partial charge in [0.2, 0.25) is 0 Å². The van der Waals surface area contributed by atoms with Gasteiger partial charge in [0, 0.05) is 22.0 Å². The van der Waals surface area contributed by atoms with Gasteiger partial charge in [0.25, 0.3) is 5.89 Å². The minimum Gasteiger partial charge on any atom is -0.467 e. The molecule has 0 saturated heterocycles. The van der Waals surface area contributed by atoms with Gasteiger partial charge >= 0.3 is 17.9 Å². The number of esters is 1. The Kier molecular flexibility index (Phi) is 7.68. The lowest BCUT2D eigenvalue weighted by atomic mass is 10.0. The van der Waals surface area contributed by atoms with E-state index in [1.54, 1.807) is 62.4 Å². The number of hydrogen-bond acceptors (Lipinski definition) is 6. The first-order valence-electron chi connectivity index (χ1n) is 10.1. The largest absolute Gasteiger partial charge is 0.467 e. The molecule has 172 valence electrons. The fraction of sp³-hybridized carbons (Fsp3) is 0.217. The molecule has 0 aliphatic carbocycles. The highest BCUT2D eigenvalue weighted by molar-refractivity contribution is 6.30. The predicted octanol–water partition coefficient (Wildman–Crippen LogP) is 4.57. The average Bonchev–Trinajstić information content (AvgIpc) is 3.27. The van der Waals surface area contributed by atoms with Crippen molar-refractivity contribution in [2.24, 2.45) is 5.92 Å². The van der Waals surface area contributed by atoms with Crippen molar-refractivity contribution in [3.8, 4) is 11.3 Å². The number of hydrogen-bond donors (Lipinski definition) is 3. The van der Waals surface area contributed by atoms with E-state index in [1.165, 1.54) is 13.3 Å². The highest BCUT2D eigenvalue weighted by atomic mass is 35.5. The van der Waals surface area contributed by atoms with Crippen LogP contribution in [0.1, 0.15) is 24.5 Å². The van der Waals surface area contributed by atoms with Crippen LogP contribution in [0.3, 0.4) is 0 Å². The molecule has 1 aromatic heterocycles. The molecule has 2 aromatic carbocycles. The SMILES string of the molecule is COC(=O)[C@@H](NC(=O)c1ncc(-c2ccc(NC(=O)Nc3cccc(Cl)c3)cc2)o1)C(C)C. The number of anilines is 2. The van der Waals surface area contributed by atoms with Crippen molar-refractivity contribution in [1.82, 2.24) is 10.3 Å². The van der Waals surface area contributed by atoms with Crippen LogP contribution in [0.4, 0.5) is 16.2 Å². The molecule has 33 heavy (non-hydrogen) atoms. The second-order valence-corrected chi connectivity index (χ2v) is 7.85. The summed E-state index contributed by atoms with van der Waals surface area (Å²) in [7, 11) is 1.26. The number of benzene rings is 2. The number of ether oxygens (including phenoxy) is 1. The van der Waals surface area contributed by atoms with Gasteiger partial charge in [-0.05, 0) is 48.4 Å². The summed E-state index contributed by atoms with van der Waals surface area (Å²) in [6.45, 7) is 3.57. The highest BCUT2D eigenvalue weighted by Crippen LogP contribution is 2.23. The quantitative estimate of drug-likeness (QED) is 0.435. The molecule has 0 aliphatic heterocycles. The molecular formula is C23H23ClN4O5. The molecule has 10 heteroatoms. The summed E-state index contributed by atoms with van der Waals surface area (Å²) in [6.07, 6.45) is 1.41. The minimum atomic E-state index is -0.818. The van der Waals surface area contributed by atoms with Gasteiger partial charge in [0.1, 0.15) is 6.04 Å². The number of nitrogens with one attached hydrogen (secondary N) is 3. The number of methoxy groups -OCH3 is 1. The normalized spacial score (nSPS) is 11.5. The van der Waals surface area contributed by atoms with Crippen LogP contribution in [0.5, 0.6) is 0 Å². The van der Waals surface area contributed by atoms with Gasteiger partial charge in [0.05, 0.1) is 13.3 Å². The number of carbonyl (C=O) groups excluding carboxylic acids is 3. The Bertz CT molecular complexity index is 1140. The third-order valence-electron chi connectivity index (χ3n) is 4.62. The first kappa shape index (κ1) is 23.8. The molecule has 3 amide bonds. The third-order valence-corrected chi connectivity index (χ3v) is 4.85. The molecule has 0 radical (unpaired) electrons. The summed E-state index contributed by atoms with van der Waals surface area (Å²) in [5.41, 5.74) is 1.76. The molecular weight excluding hydrogens is 448 g/mol. The summed E-state index contributed by atoms with van der Waals surface area (Å²) in [5, 5.41) is 8.49. The Morgan fingerprint density at radius 2 is 1.73 bits per heavy atom. The van der Waals surface area contributed by atoms with E-state index in [0.717, 1.165) is 0 Å². The topological polar surface area (TPSA) is 123 Å². The summed E-state index contributed by atoms with van der Waals surface area (Å²) >= 11 is 5.91. The van der Waals surface area contributed by atoms with Gasteiger partial charge in [0.15, 0.2) is 5.76 Å². The van der Waals surface area contributed by atoms with Crippen LogP contribution in [0, 0.1) is 5.92 Å². The lowest BCUT2D eigenvalue weighted by Crippen LogP contribution is -2.45. The number of urea groups is 1. The van der Waals surface area contributed by atoms with E-state index in [-0.39, 0.29) is 11.8 Å². The van der Waals surface area contributed by atoms with Crippen molar-refractivity contribution in [1.29, 1.82) is 0 Å². The molecule has 3 rings (SSSR count). The molecule has 1 atom stereocenters. The molecule has 0 spiro atoms. The number of carbonyl (C=O) groups is 3. The van der Waals surface area contributed by atoms with Gasteiger partial charge in [-0.25, -0.2) is 14.6 Å². The summed E-state index contributed by atoms with van der Waals surface area (Å²) < 4.78 is 10.3. The Labute approximate surface area is 195 Å². The first-order chi connectivity index (χ1) is 15.8. The summed E-state index contributed by atoms with van der Waals surface area (Å²) in [6, 6.07) is 12.3. The molecule has 0 bridgehead atoms. The van der Waals surface area contributed by atoms with E-state index in [0.29, 0.717) is 27.7 Å². The standard InChI is InChI=1S/C23H23ClN4O5/c1-13(2)19(22(30)32-3)28-20(29)21-25-12-18(33-21)14-7-9-16(10-8-14)26-23(31)27-17-6-4-5-15(24)11-17/h4-13,19H,1-3H3,(H,28,29)(H2,26,27,31)/t19-/m0/s1. The van der Waals surface area contributed by atoms with Gasteiger partial charge in [-0.1, -0.05) is 31.5 Å². The second kappa shape index (κ2) is 10.6. The van der Waals surface area contributed by atoms with Crippen LogP contribution in [-0.2, 0) is 9.53 Å². The van der Waals surface area contributed by atoms with E-state index >= 15 is 0 Å². The zero-order chi connectivity index (χ0) is 24.0. The van der Waals surface area contributed by atoms with Gasteiger partial charge < -0.3 is 25.1 Å². The number of aromatic nitrogens is 1.